The smallest absolute Gasteiger partial charge is 0.315 e. The van der Waals surface area contributed by atoms with E-state index in [1.807, 2.05) is 6.92 Å². The van der Waals surface area contributed by atoms with E-state index >= 15 is 0 Å². The van der Waals surface area contributed by atoms with E-state index < -0.39 is 4.75 Å². The predicted octanol–water partition coefficient (Wildman–Crippen LogP) is 0.366. The van der Waals surface area contributed by atoms with Crippen LogP contribution in [0.25, 0.3) is 0 Å². The molecule has 0 bridgehead atoms. The molecule has 7 nitrogen and oxygen atoms in total. The molecule has 0 aromatic heterocycles. The Morgan fingerprint density at radius 2 is 2.09 bits per heavy atom. The van der Waals surface area contributed by atoms with Crippen molar-refractivity contribution in [1.29, 1.82) is 0 Å². The van der Waals surface area contributed by atoms with Crippen LogP contribution in [0.5, 0.6) is 0 Å². The Hall–Kier alpha value is -1.44. The van der Waals surface area contributed by atoms with Crippen LogP contribution in [0.1, 0.15) is 39.0 Å². The monoisotopic (exact) mass is 326 g/mol. The Kier molecular flexibility index (Phi) is 4.20. The summed E-state index contributed by atoms with van der Waals surface area (Å²) in [7, 11) is 0. The standard InChI is InChI=1S/C14H22N4O3S/c1-2-7-18-10(19)5-3-4-6-14(12(20)17-18)11-9(8-22-14)15-13(21)16-11/h9,11H,2-8H2,1H3,(H,17,20)(H2,15,16,21)/t9-,11-,14-/m0/s1. The summed E-state index contributed by atoms with van der Waals surface area (Å²) in [5, 5.41) is 7.22. The topological polar surface area (TPSA) is 90.5 Å². The number of fused-ring (bicyclic) bond motifs is 2. The van der Waals surface area contributed by atoms with Crippen LogP contribution in [-0.2, 0) is 9.59 Å². The predicted molar refractivity (Wildman–Crippen MR) is 83.0 cm³/mol. The lowest BCUT2D eigenvalue weighted by Crippen LogP contribution is -2.59. The summed E-state index contributed by atoms with van der Waals surface area (Å²) in [6, 6.07) is -0.426. The molecule has 0 aliphatic carbocycles. The Morgan fingerprint density at radius 1 is 1.27 bits per heavy atom. The maximum absolute atomic E-state index is 12.9. The van der Waals surface area contributed by atoms with Gasteiger partial charge in [0.15, 0.2) is 0 Å². The number of urea groups is 1. The molecule has 0 saturated carbocycles. The summed E-state index contributed by atoms with van der Waals surface area (Å²) >= 11 is 1.59. The quantitative estimate of drug-likeness (QED) is 0.639. The Bertz CT molecular complexity index is 500. The zero-order chi connectivity index (χ0) is 15.7. The third-order valence-corrected chi connectivity index (χ3v) is 6.27. The third-order valence-electron chi connectivity index (χ3n) is 4.59. The number of carbonyl (C=O) groups excluding carboxylic acids is 3. The minimum Gasteiger partial charge on any atom is -0.332 e. The van der Waals surface area contributed by atoms with Gasteiger partial charge in [0.25, 0.3) is 5.91 Å². The van der Waals surface area contributed by atoms with Crippen LogP contribution in [0, 0.1) is 0 Å². The van der Waals surface area contributed by atoms with Gasteiger partial charge in [0.2, 0.25) is 5.91 Å². The minimum atomic E-state index is -0.680. The fourth-order valence-corrected chi connectivity index (χ4v) is 5.09. The van der Waals surface area contributed by atoms with E-state index in [9.17, 15) is 14.4 Å². The van der Waals surface area contributed by atoms with Crippen LogP contribution in [0.2, 0.25) is 0 Å². The number of nitrogens with one attached hydrogen (secondary N) is 3. The van der Waals surface area contributed by atoms with Gasteiger partial charge in [0.1, 0.15) is 4.75 Å². The molecule has 0 unspecified atom stereocenters. The second kappa shape index (κ2) is 5.98. The first-order valence-corrected chi connectivity index (χ1v) is 8.88. The van der Waals surface area contributed by atoms with E-state index in [1.54, 1.807) is 11.8 Å². The highest BCUT2D eigenvalue weighted by molar-refractivity contribution is 8.01. The molecule has 3 saturated heterocycles. The Balaban J connectivity index is 1.85. The highest BCUT2D eigenvalue weighted by Crippen LogP contribution is 2.44. The van der Waals surface area contributed by atoms with Crippen molar-refractivity contribution in [3.05, 3.63) is 0 Å². The van der Waals surface area contributed by atoms with Crippen LogP contribution < -0.4 is 16.1 Å². The molecule has 3 atom stereocenters. The van der Waals surface area contributed by atoms with Gasteiger partial charge in [-0.05, 0) is 19.3 Å². The maximum atomic E-state index is 12.9. The van der Waals surface area contributed by atoms with Gasteiger partial charge >= 0.3 is 6.03 Å². The van der Waals surface area contributed by atoms with Gasteiger partial charge in [-0.15, -0.1) is 11.8 Å². The summed E-state index contributed by atoms with van der Waals surface area (Å²) in [6.07, 6.45) is 3.51. The number of nitrogens with zero attached hydrogens (tertiary/aromatic N) is 1. The SMILES string of the molecule is CCCN1NC(=O)[C@@]2(CCCCC1=O)SC[C@@H]1NC(=O)N[C@@H]12. The zero-order valence-corrected chi connectivity index (χ0v) is 13.5. The second-order valence-electron chi connectivity index (χ2n) is 6.10. The van der Waals surface area contributed by atoms with Gasteiger partial charge in [-0.3, -0.25) is 20.0 Å². The molecule has 3 heterocycles. The van der Waals surface area contributed by atoms with Crippen molar-refractivity contribution in [2.75, 3.05) is 12.3 Å². The Labute approximate surface area is 133 Å². The second-order valence-corrected chi connectivity index (χ2v) is 7.45. The summed E-state index contributed by atoms with van der Waals surface area (Å²) in [6.45, 7) is 2.49. The normalized spacial score (nSPS) is 35.3. The van der Waals surface area contributed by atoms with Crippen molar-refractivity contribution in [3.63, 3.8) is 0 Å². The number of hydrogen-bond acceptors (Lipinski definition) is 4. The van der Waals surface area contributed by atoms with E-state index in [0.717, 1.165) is 25.0 Å². The van der Waals surface area contributed by atoms with Crippen LogP contribution in [0.4, 0.5) is 4.79 Å². The molecule has 4 amide bonds. The number of thioether (sulfide) groups is 1. The molecular formula is C14H22N4O3S. The molecule has 1 spiro atoms. The molecular weight excluding hydrogens is 304 g/mol. The first-order valence-electron chi connectivity index (χ1n) is 7.89. The van der Waals surface area contributed by atoms with Gasteiger partial charge in [-0.2, -0.15) is 0 Å². The number of carbonyl (C=O) groups is 3. The van der Waals surface area contributed by atoms with E-state index in [4.69, 9.17) is 0 Å². The molecule has 0 aromatic carbocycles. The van der Waals surface area contributed by atoms with E-state index in [-0.39, 0.29) is 29.9 Å². The summed E-state index contributed by atoms with van der Waals surface area (Å²) < 4.78 is -0.680. The van der Waals surface area contributed by atoms with Gasteiger partial charge in [-0.25, -0.2) is 4.79 Å². The number of hydrogen-bond donors (Lipinski definition) is 3. The van der Waals surface area contributed by atoms with E-state index in [2.05, 4.69) is 16.1 Å². The summed E-state index contributed by atoms with van der Waals surface area (Å²) in [5.41, 5.74) is 2.81. The molecule has 3 aliphatic rings. The van der Waals surface area contributed by atoms with Crippen LogP contribution >= 0.6 is 11.8 Å². The molecule has 3 aliphatic heterocycles. The highest BCUT2D eigenvalue weighted by atomic mass is 32.2. The molecule has 8 heteroatoms. The first kappa shape index (κ1) is 15.5. The fourth-order valence-electron chi connectivity index (χ4n) is 3.47. The number of amides is 4. The summed E-state index contributed by atoms with van der Waals surface area (Å²) in [4.78, 5) is 36.7. The van der Waals surface area contributed by atoms with Crippen molar-refractivity contribution in [2.45, 2.75) is 55.9 Å². The van der Waals surface area contributed by atoms with Crippen LogP contribution in [0.3, 0.4) is 0 Å². The van der Waals surface area contributed by atoms with Crippen LogP contribution in [0.15, 0.2) is 0 Å². The largest absolute Gasteiger partial charge is 0.332 e. The van der Waals surface area contributed by atoms with Crippen molar-refractivity contribution < 1.29 is 14.4 Å². The molecule has 122 valence electrons. The fraction of sp³-hybridized carbons (Fsp3) is 0.786. The van der Waals surface area contributed by atoms with Gasteiger partial charge in [0.05, 0.1) is 12.1 Å². The van der Waals surface area contributed by atoms with Crippen LogP contribution in [-0.4, -0.2) is 52.0 Å². The number of rotatable bonds is 2. The van der Waals surface area contributed by atoms with Crippen molar-refractivity contribution in [1.82, 2.24) is 21.1 Å². The lowest BCUT2D eigenvalue weighted by atomic mass is 9.89. The molecule has 3 N–H and O–H groups in total. The third kappa shape index (κ3) is 2.53. The van der Waals surface area contributed by atoms with E-state index in [1.165, 1.54) is 5.01 Å². The first-order chi connectivity index (χ1) is 10.6. The summed E-state index contributed by atoms with van der Waals surface area (Å²) in [5.74, 6) is 0.538. The zero-order valence-electron chi connectivity index (χ0n) is 12.7. The Morgan fingerprint density at radius 3 is 2.86 bits per heavy atom. The minimum absolute atomic E-state index is 0.0145. The van der Waals surface area contributed by atoms with Gasteiger partial charge in [-0.1, -0.05) is 13.3 Å². The van der Waals surface area contributed by atoms with Gasteiger partial charge < -0.3 is 10.6 Å². The average Bonchev–Trinajstić information content (AvgIpc) is 3.01. The number of hydrazine groups is 1. The van der Waals surface area contributed by atoms with Crippen molar-refractivity contribution >= 4 is 29.6 Å². The van der Waals surface area contributed by atoms with Gasteiger partial charge in [0, 0.05) is 18.7 Å². The lowest BCUT2D eigenvalue weighted by Gasteiger charge is -2.33. The molecule has 22 heavy (non-hydrogen) atoms. The molecule has 3 rings (SSSR count). The van der Waals surface area contributed by atoms with Crippen molar-refractivity contribution in [2.24, 2.45) is 0 Å². The molecule has 0 aromatic rings. The molecule has 3 fully saturated rings. The average molecular weight is 326 g/mol. The highest BCUT2D eigenvalue weighted by Gasteiger charge is 2.58. The maximum Gasteiger partial charge on any atom is 0.315 e. The lowest BCUT2D eigenvalue weighted by molar-refractivity contribution is -0.142. The van der Waals surface area contributed by atoms with Crippen molar-refractivity contribution in [3.8, 4) is 0 Å². The molecule has 0 radical (unpaired) electrons. The van der Waals surface area contributed by atoms with E-state index in [0.29, 0.717) is 19.4 Å².